The van der Waals surface area contributed by atoms with Crippen LogP contribution >= 0.6 is 0 Å². The SMILES string of the molecule is COc1ccc(C=Cc2cc(C=Cc3ccc(OC)c(OC)c3)nc(OCCCCN=C(N)N)n2)cc1OC. The van der Waals surface area contributed by atoms with Gasteiger partial charge in [-0.15, -0.1) is 0 Å². The number of unbranched alkanes of at least 4 members (excludes halogenated alkanes) is 1. The average molecular weight is 534 g/mol. The molecule has 0 saturated carbocycles. The Bertz CT molecular complexity index is 1240. The van der Waals surface area contributed by atoms with E-state index in [2.05, 4.69) is 15.0 Å². The Morgan fingerprint density at radius 1 is 0.692 bits per heavy atom. The molecular formula is C29H35N5O5. The van der Waals surface area contributed by atoms with Crippen LogP contribution in [0.1, 0.15) is 35.4 Å². The Kier molecular flexibility index (Phi) is 11.0. The molecule has 10 heteroatoms. The Balaban J connectivity index is 1.83. The van der Waals surface area contributed by atoms with Gasteiger partial charge in [0.05, 0.1) is 46.4 Å². The van der Waals surface area contributed by atoms with E-state index in [1.165, 1.54) is 0 Å². The number of aliphatic imine (C=N–C) groups is 1. The van der Waals surface area contributed by atoms with Crippen molar-refractivity contribution in [2.45, 2.75) is 12.8 Å². The van der Waals surface area contributed by atoms with Gasteiger partial charge in [0.2, 0.25) is 0 Å². The highest BCUT2D eigenvalue weighted by Gasteiger charge is 2.06. The van der Waals surface area contributed by atoms with Crippen molar-refractivity contribution in [1.29, 1.82) is 0 Å². The van der Waals surface area contributed by atoms with E-state index in [-0.39, 0.29) is 12.0 Å². The molecule has 0 radical (unpaired) electrons. The lowest BCUT2D eigenvalue weighted by molar-refractivity contribution is 0.283. The predicted molar refractivity (Wildman–Crippen MR) is 154 cm³/mol. The lowest BCUT2D eigenvalue weighted by atomic mass is 10.1. The summed E-state index contributed by atoms with van der Waals surface area (Å²) in [6.45, 7) is 0.974. The molecule has 0 amide bonds. The molecule has 2 aromatic carbocycles. The van der Waals surface area contributed by atoms with Crippen LogP contribution in [0, 0.1) is 0 Å². The summed E-state index contributed by atoms with van der Waals surface area (Å²) in [5.74, 6) is 2.69. The first-order valence-corrected chi connectivity index (χ1v) is 12.3. The lowest BCUT2D eigenvalue weighted by Gasteiger charge is -2.08. The summed E-state index contributed by atoms with van der Waals surface area (Å²) >= 11 is 0. The summed E-state index contributed by atoms with van der Waals surface area (Å²) < 4.78 is 27.3. The highest BCUT2D eigenvalue weighted by molar-refractivity contribution is 5.75. The van der Waals surface area contributed by atoms with Gasteiger partial charge in [0.15, 0.2) is 29.0 Å². The molecule has 0 aliphatic rings. The molecule has 0 aliphatic carbocycles. The van der Waals surface area contributed by atoms with Gasteiger partial charge in [-0.1, -0.05) is 24.3 Å². The number of hydrogen-bond acceptors (Lipinski definition) is 8. The third-order valence-electron chi connectivity index (χ3n) is 5.53. The molecule has 0 bridgehead atoms. The van der Waals surface area contributed by atoms with Crippen molar-refractivity contribution in [3.63, 3.8) is 0 Å². The standard InChI is InChI=1S/C29H35N5O5/c1-35-24-13-9-20(17-26(24)37-3)7-11-22-19-23(12-8-21-10-14-25(36-2)27(18-21)38-4)34-29(33-22)39-16-6-5-15-32-28(30)31/h7-14,17-19H,5-6,15-16H2,1-4H3,(H4,30,31,32). The third kappa shape index (κ3) is 8.96. The fourth-order valence-corrected chi connectivity index (χ4v) is 3.56. The quantitative estimate of drug-likeness (QED) is 0.177. The number of hydrogen-bond donors (Lipinski definition) is 2. The van der Waals surface area contributed by atoms with Crippen molar-refractivity contribution in [2.24, 2.45) is 16.5 Å². The number of aromatic nitrogens is 2. The van der Waals surface area contributed by atoms with E-state index in [0.717, 1.165) is 24.0 Å². The summed E-state index contributed by atoms with van der Waals surface area (Å²) in [5.41, 5.74) is 14.0. The number of methoxy groups -OCH3 is 4. The molecule has 3 rings (SSSR count). The molecule has 0 saturated heterocycles. The number of ether oxygens (including phenoxy) is 5. The van der Waals surface area contributed by atoms with Gasteiger partial charge in [0.1, 0.15) is 0 Å². The smallest absolute Gasteiger partial charge is 0.317 e. The molecule has 39 heavy (non-hydrogen) atoms. The van der Waals surface area contributed by atoms with Crippen molar-refractivity contribution in [2.75, 3.05) is 41.6 Å². The van der Waals surface area contributed by atoms with Gasteiger partial charge in [-0.25, -0.2) is 0 Å². The van der Waals surface area contributed by atoms with Crippen molar-refractivity contribution in [1.82, 2.24) is 9.97 Å². The van der Waals surface area contributed by atoms with E-state index >= 15 is 0 Å². The summed E-state index contributed by atoms with van der Waals surface area (Å²) in [7, 11) is 6.42. The topological polar surface area (TPSA) is 136 Å². The molecule has 0 atom stereocenters. The number of nitrogens with zero attached hydrogens (tertiary/aromatic N) is 3. The Hall–Kier alpha value is -4.73. The molecule has 0 fully saturated rings. The van der Waals surface area contributed by atoms with Crippen LogP contribution in [0.15, 0.2) is 47.5 Å². The van der Waals surface area contributed by atoms with Gasteiger partial charge in [0, 0.05) is 6.54 Å². The van der Waals surface area contributed by atoms with E-state index in [4.69, 9.17) is 35.2 Å². The predicted octanol–water partition coefficient (Wildman–Crippen LogP) is 4.28. The van der Waals surface area contributed by atoms with Gasteiger partial charge >= 0.3 is 6.01 Å². The maximum Gasteiger partial charge on any atom is 0.317 e. The zero-order valence-electron chi connectivity index (χ0n) is 22.7. The minimum atomic E-state index is 0.0825. The molecule has 10 nitrogen and oxygen atoms in total. The average Bonchev–Trinajstić information content (AvgIpc) is 2.96. The molecule has 1 aromatic heterocycles. The molecule has 0 unspecified atom stereocenters. The highest BCUT2D eigenvalue weighted by Crippen LogP contribution is 2.29. The molecule has 0 aliphatic heterocycles. The van der Waals surface area contributed by atoms with Crippen LogP contribution in [0.5, 0.6) is 29.0 Å². The van der Waals surface area contributed by atoms with Crippen molar-refractivity contribution in [3.8, 4) is 29.0 Å². The van der Waals surface area contributed by atoms with E-state index < -0.39 is 0 Å². The van der Waals surface area contributed by atoms with Crippen LogP contribution in [-0.2, 0) is 0 Å². The van der Waals surface area contributed by atoms with Crippen LogP contribution in [0.2, 0.25) is 0 Å². The first-order valence-electron chi connectivity index (χ1n) is 12.3. The molecule has 1 heterocycles. The van der Waals surface area contributed by atoms with Gasteiger partial charge in [0.25, 0.3) is 0 Å². The zero-order valence-corrected chi connectivity index (χ0v) is 22.7. The van der Waals surface area contributed by atoms with Gasteiger partial charge in [-0.3, -0.25) is 4.99 Å². The molecule has 0 spiro atoms. The third-order valence-corrected chi connectivity index (χ3v) is 5.53. The lowest BCUT2D eigenvalue weighted by Crippen LogP contribution is -2.23. The van der Waals surface area contributed by atoms with E-state index in [9.17, 15) is 0 Å². The summed E-state index contributed by atoms with van der Waals surface area (Å²) in [6, 6.07) is 13.5. The number of nitrogens with two attached hydrogens (primary N) is 2. The first-order chi connectivity index (χ1) is 18.9. The van der Waals surface area contributed by atoms with Crippen LogP contribution in [-0.4, -0.2) is 57.5 Å². The van der Waals surface area contributed by atoms with E-state index in [1.54, 1.807) is 28.4 Å². The fourth-order valence-electron chi connectivity index (χ4n) is 3.56. The second-order valence-electron chi connectivity index (χ2n) is 8.26. The van der Waals surface area contributed by atoms with Crippen LogP contribution in [0.25, 0.3) is 24.3 Å². The number of benzene rings is 2. The van der Waals surface area contributed by atoms with Crippen LogP contribution < -0.4 is 35.2 Å². The van der Waals surface area contributed by atoms with E-state index in [0.29, 0.717) is 47.5 Å². The minimum absolute atomic E-state index is 0.0825. The fraction of sp³-hybridized carbons (Fsp3) is 0.276. The summed E-state index contributed by atoms with van der Waals surface area (Å²) in [5, 5.41) is 0. The molecular weight excluding hydrogens is 498 g/mol. The molecule has 3 aromatic rings. The van der Waals surface area contributed by atoms with Crippen LogP contribution in [0.4, 0.5) is 0 Å². The van der Waals surface area contributed by atoms with Crippen LogP contribution in [0.3, 0.4) is 0 Å². The monoisotopic (exact) mass is 533 g/mol. The maximum absolute atomic E-state index is 5.86. The van der Waals surface area contributed by atoms with Crippen molar-refractivity contribution in [3.05, 3.63) is 65.0 Å². The molecule has 206 valence electrons. The van der Waals surface area contributed by atoms with Gasteiger partial charge in [-0.2, -0.15) is 9.97 Å². The molecule has 4 N–H and O–H groups in total. The summed E-state index contributed by atoms with van der Waals surface area (Å²) in [4.78, 5) is 13.1. The number of guanidine groups is 1. The Morgan fingerprint density at radius 3 is 1.67 bits per heavy atom. The first kappa shape index (κ1) is 28.8. The van der Waals surface area contributed by atoms with Gasteiger partial charge in [-0.05, 0) is 66.5 Å². The van der Waals surface area contributed by atoms with E-state index in [1.807, 2.05) is 66.8 Å². The number of rotatable bonds is 14. The Labute approximate surface area is 228 Å². The minimum Gasteiger partial charge on any atom is -0.493 e. The zero-order chi connectivity index (χ0) is 28.0. The second-order valence-corrected chi connectivity index (χ2v) is 8.26. The van der Waals surface area contributed by atoms with Gasteiger partial charge < -0.3 is 35.2 Å². The maximum atomic E-state index is 5.86. The Morgan fingerprint density at radius 2 is 1.21 bits per heavy atom. The van der Waals surface area contributed by atoms with Crippen molar-refractivity contribution < 1.29 is 23.7 Å². The van der Waals surface area contributed by atoms with Crippen molar-refractivity contribution >= 4 is 30.3 Å². The highest BCUT2D eigenvalue weighted by atomic mass is 16.5. The second kappa shape index (κ2) is 14.9. The largest absolute Gasteiger partial charge is 0.493 e. The summed E-state index contributed by atoms with van der Waals surface area (Å²) in [6.07, 6.45) is 9.19. The normalized spacial score (nSPS) is 11.0.